The predicted octanol–water partition coefficient (Wildman–Crippen LogP) is -1.02. The summed E-state index contributed by atoms with van der Waals surface area (Å²) in [7, 11) is 4.02. The summed E-state index contributed by atoms with van der Waals surface area (Å²) in [4.78, 5) is 15.9. The van der Waals surface area contributed by atoms with Gasteiger partial charge in [0.25, 0.3) is 0 Å². The highest BCUT2D eigenvalue weighted by molar-refractivity contribution is 5.82. The van der Waals surface area contributed by atoms with Gasteiger partial charge in [0.2, 0.25) is 5.91 Å². The molecule has 0 saturated carbocycles. The van der Waals surface area contributed by atoms with Crippen molar-refractivity contribution in [2.24, 2.45) is 5.92 Å². The zero-order valence-electron chi connectivity index (χ0n) is 10.4. The van der Waals surface area contributed by atoms with Gasteiger partial charge in [0, 0.05) is 26.2 Å². The van der Waals surface area contributed by atoms with Crippen LogP contribution in [0.3, 0.4) is 0 Å². The highest BCUT2D eigenvalue weighted by Gasteiger charge is 2.29. The Balaban J connectivity index is 2.62. The van der Waals surface area contributed by atoms with Gasteiger partial charge in [-0.1, -0.05) is 6.92 Å². The quantitative estimate of drug-likeness (QED) is 0.648. The van der Waals surface area contributed by atoms with Crippen LogP contribution in [0.25, 0.3) is 0 Å². The lowest BCUT2D eigenvalue weighted by Crippen LogP contribution is -2.48. The Morgan fingerprint density at radius 3 is 2.81 bits per heavy atom. The Hall–Kier alpha value is -0.650. The Labute approximate surface area is 97.4 Å². The minimum atomic E-state index is -0.384. The van der Waals surface area contributed by atoms with Crippen molar-refractivity contribution in [2.75, 3.05) is 46.9 Å². The summed E-state index contributed by atoms with van der Waals surface area (Å²) >= 11 is 0. The van der Waals surface area contributed by atoms with Gasteiger partial charge >= 0.3 is 0 Å². The molecular formula is C11H23N3O2. The third-order valence-corrected chi connectivity index (χ3v) is 2.92. The molecule has 0 spiro atoms. The van der Waals surface area contributed by atoms with Gasteiger partial charge in [-0.25, -0.2) is 0 Å². The van der Waals surface area contributed by atoms with Gasteiger partial charge in [-0.3, -0.25) is 9.69 Å². The number of amides is 1. The van der Waals surface area contributed by atoms with E-state index in [1.807, 2.05) is 14.1 Å². The molecule has 1 rings (SSSR count). The summed E-state index contributed by atoms with van der Waals surface area (Å²) in [6.07, 6.45) is 0. The lowest BCUT2D eigenvalue weighted by Gasteiger charge is -2.28. The molecule has 0 aromatic carbocycles. The van der Waals surface area contributed by atoms with Gasteiger partial charge in [-0.05, 0) is 20.0 Å². The number of hydrogen-bond donors (Lipinski definition) is 2. The highest BCUT2D eigenvalue weighted by Crippen LogP contribution is 2.09. The average Bonchev–Trinajstić information content (AvgIpc) is 2.35. The molecule has 1 aliphatic heterocycles. The highest BCUT2D eigenvalue weighted by atomic mass is 16.3. The van der Waals surface area contributed by atoms with Gasteiger partial charge in [0.1, 0.15) is 6.04 Å². The molecule has 1 fully saturated rings. The van der Waals surface area contributed by atoms with Crippen molar-refractivity contribution in [2.45, 2.75) is 13.0 Å². The number of hydrogen-bond acceptors (Lipinski definition) is 4. The summed E-state index contributed by atoms with van der Waals surface area (Å²) in [5, 5.41) is 12.2. The number of nitrogens with zero attached hydrogens (tertiary/aromatic N) is 2. The zero-order valence-corrected chi connectivity index (χ0v) is 10.4. The van der Waals surface area contributed by atoms with Crippen LogP contribution in [0.2, 0.25) is 0 Å². The van der Waals surface area contributed by atoms with E-state index in [0.29, 0.717) is 12.5 Å². The number of nitrogens with one attached hydrogen (secondary N) is 1. The molecule has 1 saturated heterocycles. The monoisotopic (exact) mass is 229 g/mol. The van der Waals surface area contributed by atoms with E-state index in [4.69, 9.17) is 0 Å². The zero-order chi connectivity index (χ0) is 12.1. The van der Waals surface area contributed by atoms with Crippen LogP contribution in [0, 0.1) is 5.92 Å². The SMILES string of the molecule is CC1CNC(=O)C(CO)N(CCN(C)C)C1. The van der Waals surface area contributed by atoms with Crippen LogP contribution < -0.4 is 5.32 Å². The molecule has 16 heavy (non-hydrogen) atoms. The molecule has 2 atom stereocenters. The molecule has 0 bridgehead atoms. The lowest BCUT2D eigenvalue weighted by atomic mass is 10.1. The number of aliphatic hydroxyl groups is 1. The summed E-state index contributed by atoms with van der Waals surface area (Å²) < 4.78 is 0. The molecule has 1 aliphatic rings. The topological polar surface area (TPSA) is 55.8 Å². The van der Waals surface area contributed by atoms with Crippen molar-refractivity contribution in [3.8, 4) is 0 Å². The largest absolute Gasteiger partial charge is 0.394 e. The van der Waals surface area contributed by atoms with E-state index in [-0.39, 0.29) is 18.6 Å². The lowest BCUT2D eigenvalue weighted by molar-refractivity contribution is -0.126. The standard InChI is InChI=1S/C11H23N3O2/c1-9-6-12-11(16)10(8-15)14(7-9)5-4-13(2)3/h9-10,15H,4-8H2,1-3H3,(H,12,16). The molecule has 0 radical (unpaired) electrons. The Morgan fingerprint density at radius 1 is 1.56 bits per heavy atom. The van der Waals surface area contributed by atoms with E-state index < -0.39 is 0 Å². The smallest absolute Gasteiger partial charge is 0.239 e. The average molecular weight is 229 g/mol. The molecule has 0 aromatic rings. The second-order valence-electron chi connectivity index (χ2n) is 4.85. The summed E-state index contributed by atoms with van der Waals surface area (Å²) in [6, 6.07) is -0.384. The molecule has 5 nitrogen and oxygen atoms in total. The van der Waals surface area contributed by atoms with Crippen LogP contribution in [-0.4, -0.2) is 73.7 Å². The van der Waals surface area contributed by atoms with E-state index in [1.165, 1.54) is 0 Å². The van der Waals surface area contributed by atoms with Crippen molar-refractivity contribution < 1.29 is 9.90 Å². The van der Waals surface area contributed by atoms with Crippen molar-refractivity contribution in [3.05, 3.63) is 0 Å². The van der Waals surface area contributed by atoms with Gasteiger partial charge < -0.3 is 15.3 Å². The maximum absolute atomic E-state index is 11.7. The maximum atomic E-state index is 11.7. The molecule has 1 heterocycles. The van der Waals surface area contributed by atoms with Crippen LogP contribution in [-0.2, 0) is 4.79 Å². The predicted molar refractivity (Wildman–Crippen MR) is 63.2 cm³/mol. The second kappa shape index (κ2) is 6.18. The molecule has 5 heteroatoms. The summed E-state index contributed by atoms with van der Waals surface area (Å²) in [5.41, 5.74) is 0. The first-order valence-electron chi connectivity index (χ1n) is 5.82. The molecule has 0 aromatic heterocycles. The third kappa shape index (κ3) is 3.73. The number of carbonyl (C=O) groups is 1. The fraction of sp³-hybridized carbons (Fsp3) is 0.909. The minimum Gasteiger partial charge on any atom is -0.394 e. The maximum Gasteiger partial charge on any atom is 0.239 e. The van der Waals surface area contributed by atoms with E-state index in [1.54, 1.807) is 0 Å². The number of likely N-dealkylation sites (N-methyl/N-ethyl adjacent to an activating group) is 1. The van der Waals surface area contributed by atoms with Crippen LogP contribution in [0.1, 0.15) is 6.92 Å². The molecule has 0 aliphatic carbocycles. The summed E-state index contributed by atoms with van der Waals surface area (Å²) in [6.45, 7) is 5.28. The van der Waals surface area contributed by atoms with E-state index >= 15 is 0 Å². The molecule has 94 valence electrons. The molecule has 2 unspecified atom stereocenters. The van der Waals surface area contributed by atoms with Gasteiger partial charge in [-0.15, -0.1) is 0 Å². The Bertz CT molecular complexity index is 233. The van der Waals surface area contributed by atoms with Crippen molar-refractivity contribution in [1.29, 1.82) is 0 Å². The first kappa shape index (κ1) is 13.4. The van der Waals surface area contributed by atoms with Crippen molar-refractivity contribution in [3.63, 3.8) is 0 Å². The fourth-order valence-electron chi connectivity index (χ4n) is 1.92. The van der Waals surface area contributed by atoms with E-state index in [9.17, 15) is 9.90 Å². The van der Waals surface area contributed by atoms with Gasteiger partial charge in [-0.2, -0.15) is 0 Å². The van der Waals surface area contributed by atoms with Crippen LogP contribution in [0.5, 0.6) is 0 Å². The van der Waals surface area contributed by atoms with Crippen LogP contribution in [0.15, 0.2) is 0 Å². The minimum absolute atomic E-state index is 0.0504. The molecule has 2 N–H and O–H groups in total. The van der Waals surface area contributed by atoms with Crippen molar-refractivity contribution >= 4 is 5.91 Å². The fourth-order valence-corrected chi connectivity index (χ4v) is 1.92. The first-order chi connectivity index (χ1) is 7.54. The van der Waals surface area contributed by atoms with Crippen LogP contribution in [0.4, 0.5) is 0 Å². The van der Waals surface area contributed by atoms with Gasteiger partial charge in [0.05, 0.1) is 6.61 Å². The summed E-state index contributed by atoms with van der Waals surface area (Å²) in [5.74, 6) is 0.383. The normalized spacial score (nSPS) is 27.9. The molecule has 1 amide bonds. The van der Waals surface area contributed by atoms with E-state index in [0.717, 1.165) is 19.6 Å². The second-order valence-corrected chi connectivity index (χ2v) is 4.85. The first-order valence-corrected chi connectivity index (χ1v) is 5.82. The Kier molecular flexibility index (Phi) is 5.18. The van der Waals surface area contributed by atoms with E-state index in [2.05, 4.69) is 22.0 Å². The molecular weight excluding hydrogens is 206 g/mol. The number of aliphatic hydroxyl groups excluding tert-OH is 1. The number of rotatable bonds is 4. The Morgan fingerprint density at radius 2 is 2.25 bits per heavy atom. The third-order valence-electron chi connectivity index (χ3n) is 2.92. The van der Waals surface area contributed by atoms with Crippen LogP contribution >= 0.6 is 0 Å². The number of carbonyl (C=O) groups excluding carboxylic acids is 1. The van der Waals surface area contributed by atoms with Crippen molar-refractivity contribution in [1.82, 2.24) is 15.1 Å². The van der Waals surface area contributed by atoms with Gasteiger partial charge in [0.15, 0.2) is 0 Å².